The summed E-state index contributed by atoms with van der Waals surface area (Å²) in [4.78, 5) is 2.41. The molecule has 0 aromatic heterocycles. The summed E-state index contributed by atoms with van der Waals surface area (Å²) in [5.41, 5.74) is 2.47. The number of methoxy groups -OCH3 is 1. The first-order valence-electron chi connectivity index (χ1n) is 6.49. The van der Waals surface area contributed by atoms with Crippen molar-refractivity contribution < 1.29 is 9.47 Å². The van der Waals surface area contributed by atoms with Gasteiger partial charge in [-0.05, 0) is 30.7 Å². The zero-order valence-electron chi connectivity index (χ0n) is 11.2. The summed E-state index contributed by atoms with van der Waals surface area (Å²) in [5.74, 6) is 0.950. The molecule has 1 aromatic carbocycles. The Morgan fingerprint density at radius 1 is 1.22 bits per heavy atom. The number of piperazine rings is 1. The van der Waals surface area contributed by atoms with Gasteiger partial charge in [-0.25, -0.2) is 0 Å². The highest BCUT2D eigenvalue weighted by molar-refractivity contribution is 5.53. The van der Waals surface area contributed by atoms with Crippen LogP contribution in [0, 0.1) is 6.92 Å². The minimum atomic E-state index is 0.602. The third-order valence-corrected chi connectivity index (χ3v) is 3.19. The lowest BCUT2D eigenvalue weighted by Gasteiger charge is -2.29. The Morgan fingerprint density at radius 2 is 2.00 bits per heavy atom. The fourth-order valence-corrected chi connectivity index (χ4v) is 2.15. The fraction of sp³-hybridized carbons (Fsp3) is 0.571. The quantitative estimate of drug-likeness (QED) is 0.802. The van der Waals surface area contributed by atoms with Crippen LogP contribution in [0.2, 0.25) is 0 Å². The van der Waals surface area contributed by atoms with Gasteiger partial charge in [-0.2, -0.15) is 0 Å². The van der Waals surface area contributed by atoms with E-state index in [1.807, 2.05) is 0 Å². The van der Waals surface area contributed by atoms with Gasteiger partial charge in [0.05, 0.1) is 6.61 Å². The van der Waals surface area contributed by atoms with Gasteiger partial charge in [0, 0.05) is 39.0 Å². The van der Waals surface area contributed by atoms with Crippen LogP contribution >= 0.6 is 0 Å². The predicted molar refractivity (Wildman–Crippen MR) is 73.6 cm³/mol. The minimum Gasteiger partial charge on any atom is -0.491 e. The van der Waals surface area contributed by atoms with Crippen LogP contribution < -0.4 is 15.0 Å². The Kier molecular flexibility index (Phi) is 4.84. The largest absolute Gasteiger partial charge is 0.491 e. The Bertz CT molecular complexity index is 376. The highest BCUT2D eigenvalue weighted by atomic mass is 16.5. The summed E-state index contributed by atoms with van der Waals surface area (Å²) >= 11 is 0. The van der Waals surface area contributed by atoms with Crippen molar-refractivity contribution in [1.29, 1.82) is 0 Å². The molecule has 0 aliphatic carbocycles. The van der Waals surface area contributed by atoms with Crippen molar-refractivity contribution in [3.05, 3.63) is 23.8 Å². The van der Waals surface area contributed by atoms with Gasteiger partial charge < -0.3 is 19.7 Å². The van der Waals surface area contributed by atoms with E-state index < -0.39 is 0 Å². The van der Waals surface area contributed by atoms with E-state index in [4.69, 9.17) is 9.47 Å². The molecule has 0 bridgehead atoms. The molecule has 0 radical (unpaired) electrons. The molecule has 100 valence electrons. The van der Waals surface area contributed by atoms with Crippen LogP contribution in [0.25, 0.3) is 0 Å². The molecule has 1 aromatic rings. The SMILES string of the molecule is COCCOc1ccc(N2CCNCC2)cc1C. The first-order valence-corrected chi connectivity index (χ1v) is 6.49. The lowest BCUT2D eigenvalue weighted by Crippen LogP contribution is -2.43. The van der Waals surface area contributed by atoms with Crippen molar-refractivity contribution in [2.24, 2.45) is 0 Å². The lowest BCUT2D eigenvalue weighted by molar-refractivity contribution is 0.146. The molecule has 0 unspecified atom stereocenters. The van der Waals surface area contributed by atoms with Gasteiger partial charge in [0.1, 0.15) is 12.4 Å². The van der Waals surface area contributed by atoms with E-state index in [2.05, 4.69) is 35.3 Å². The maximum Gasteiger partial charge on any atom is 0.122 e. The average molecular weight is 250 g/mol. The smallest absolute Gasteiger partial charge is 0.122 e. The van der Waals surface area contributed by atoms with E-state index in [0.717, 1.165) is 31.9 Å². The van der Waals surface area contributed by atoms with Crippen LogP contribution in [0.4, 0.5) is 5.69 Å². The molecule has 4 heteroatoms. The molecule has 1 N–H and O–H groups in total. The molecule has 18 heavy (non-hydrogen) atoms. The van der Waals surface area contributed by atoms with Gasteiger partial charge in [-0.15, -0.1) is 0 Å². The van der Waals surface area contributed by atoms with Crippen molar-refractivity contribution in [3.8, 4) is 5.75 Å². The number of anilines is 1. The summed E-state index contributed by atoms with van der Waals surface area (Å²) in [5, 5.41) is 3.36. The van der Waals surface area contributed by atoms with Gasteiger partial charge >= 0.3 is 0 Å². The molecule has 0 saturated carbocycles. The third-order valence-electron chi connectivity index (χ3n) is 3.19. The number of benzene rings is 1. The van der Waals surface area contributed by atoms with Crippen molar-refractivity contribution in [2.45, 2.75) is 6.92 Å². The summed E-state index contributed by atoms with van der Waals surface area (Å²) < 4.78 is 10.6. The number of nitrogens with one attached hydrogen (secondary N) is 1. The minimum absolute atomic E-state index is 0.602. The Hall–Kier alpha value is -1.26. The summed E-state index contributed by atoms with van der Waals surface area (Å²) in [6, 6.07) is 6.40. The molecule has 1 aliphatic heterocycles. The first-order chi connectivity index (χ1) is 8.81. The average Bonchev–Trinajstić information content (AvgIpc) is 2.42. The molecule has 0 atom stereocenters. The molecule has 1 saturated heterocycles. The molecule has 4 nitrogen and oxygen atoms in total. The first kappa shape index (κ1) is 13.2. The number of rotatable bonds is 5. The van der Waals surface area contributed by atoms with E-state index in [1.54, 1.807) is 7.11 Å². The second-order valence-electron chi connectivity index (χ2n) is 4.53. The zero-order chi connectivity index (χ0) is 12.8. The molecule has 0 spiro atoms. The number of nitrogens with zero attached hydrogens (tertiary/aromatic N) is 1. The normalized spacial score (nSPS) is 15.8. The maximum absolute atomic E-state index is 5.66. The Morgan fingerprint density at radius 3 is 2.67 bits per heavy atom. The lowest BCUT2D eigenvalue weighted by atomic mass is 10.1. The van der Waals surface area contributed by atoms with E-state index in [0.29, 0.717) is 13.2 Å². The molecule has 1 aliphatic rings. The van der Waals surface area contributed by atoms with Gasteiger partial charge in [-0.1, -0.05) is 0 Å². The van der Waals surface area contributed by atoms with Crippen LogP contribution in [0.1, 0.15) is 5.56 Å². The van der Waals surface area contributed by atoms with Gasteiger partial charge in [0.15, 0.2) is 0 Å². The maximum atomic E-state index is 5.66. The Balaban J connectivity index is 1.99. The van der Waals surface area contributed by atoms with E-state index in [-0.39, 0.29) is 0 Å². The number of hydrogen-bond donors (Lipinski definition) is 1. The number of aryl methyl sites for hydroxylation is 1. The standard InChI is InChI=1S/C14H22N2O2/c1-12-11-13(16-7-5-15-6-8-16)3-4-14(12)18-10-9-17-2/h3-4,11,15H,5-10H2,1-2H3. The third kappa shape index (κ3) is 3.37. The van der Waals surface area contributed by atoms with Crippen molar-refractivity contribution in [1.82, 2.24) is 5.32 Å². The summed E-state index contributed by atoms with van der Waals surface area (Å²) in [6.45, 7) is 7.58. The molecular weight excluding hydrogens is 228 g/mol. The Labute approximate surface area is 109 Å². The van der Waals surface area contributed by atoms with Crippen molar-refractivity contribution in [3.63, 3.8) is 0 Å². The van der Waals surface area contributed by atoms with E-state index >= 15 is 0 Å². The fourth-order valence-electron chi connectivity index (χ4n) is 2.15. The second-order valence-corrected chi connectivity index (χ2v) is 4.53. The van der Waals surface area contributed by atoms with Crippen LogP contribution in [0.3, 0.4) is 0 Å². The van der Waals surface area contributed by atoms with Crippen molar-refractivity contribution in [2.75, 3.05) is 51.4 Å². The number of hydrogen-bond acceptors (Lipinski definition) is 4. The molecule has 1 heterocycles. The van der Waals surface area contributed by atoms with E-state index in [1.165, 1.54) is 11.3 Å². The van der Waals surface area contributed by atoms with Gasteiger partial charge in [0.2, 0.25) is 0 Å². The van der Waals surface area contributed by atoms with Crippen LogP contribution in [0.15, 0.2) is 18.2 Å². The van der Waals surface area contributed by atoms with E-state index in [9.17, 15) is 0 Å². The van der Waals surface area contributed by atoms with Crippen molar-refractivity contribution >= 4 is 5.69 Å². The predicted octanol–water partition coefficient (Wildman–Crippen LogP) is 1.43. The van der Waals surface area contributed by atoms with Crippen LogP contribution in [0.5, 0.6) is 5.75 Å². The van der Waals surface area contributed by atoms with Crippen LogP contribution in [-0.4, -0.2) is 46.5 Å². The second kappa shape index (κ2) is 6.61. The monoisotopic (exact) mass is 250 g/mol. The molecular formula is C14H22N2O2. The molecule has 0 amide bonds. The van der Waals surface area contributed by atoms with Gasteiger partial charge in [-0.3, -0.25) is 0 Å². The highest BCUT2D eigenvalue weighted by Gasteiger charge is 2.11. The topological polar surface area (TPSA) is 33.7 Å². The number of ether oxygens (including phenoxy) is 2. The summed E-state index contributed by atoms with van der Waals surface area (Å²) in [7, 11) is 1.68. The zero-order valence-corrected chi connectivity index (χ0v) is 11.2. The van der Waals surface area contributed by atoms with Crippen LogP contribution in [-0.2, 0) is 4.74 Å². The summed E-state index contributed by atoms with van der Waals surface area (Å²) in [6.07, 6.45) is 0. The van der Waals surface area contributed by atoms with Gasteiger partial charge in [0.25, 0.3) is 0 Å². The molecule has 2 rings (SSSR count). The molecule has 1 fully saturated rings. The highest BCUT2D eigenvalue weighted by Crippen LogP contribution is 2.24.